The molecule has 0 amide bonds. The maximum absolute atomic E-state index is 14.3. The summed E-state index contributed by atoms with van der Waals surface area (Å²) in [7, 11) is 7.40. The van der Waals surface area contributed by atoms with E-state index in [2.05, 4.69) is 13.8 Å². The SMILES string of the molecule is CCC1OC(=O)C(C)C(CC2CC(C)(OC)C(O)C(C)O2)C(C)C(CC2OC(C)CC(N(C)C)C2O)C(C)(O)CC(C)CN(C)C(C)C(O)C1(C)O. The average molecular weight is 745 g/mol. The molecule has 18 atom stereocenters. The van der Waals surface area contributed by atoms with Gasteiger partial charge in [0.15, 0.2) is 0 Å². The topological polar surface area (TPSA) is 162 Å². The molecule has 3 heterocycles. The monoisotopic (exact) mass is 745 g/mol. The van der Waals surface area contributed by atoms with Gasteiger partial charge in [-0.1, -0.05) is 27.7 Å². The summed E-state index contributed by atoms with van der Waals surface area (Å²) >= 11 is 0. The highest BCUT2D eigenvalue weighted by Crippen LogP contribution is 2.46. The summed E-state index contributed by atoms with van der Waals surface area (Å²) in [5, 5.41) is 58.6. The van der Waals surface area contributed by atoms with Crippen molar-refractivity contribution in [2.75, 3.05) is 34.8 Å². The Bertz CT molecular complexity index is 1140. The predicted molar refractivity (Wildman–Crippen MR) is 201 cm³/mol. The molecule has 52 heavy (non-hydrogen) atoms. The van der Waals surface area contributed by atoms with Crippen molar-refractivity contribution in [3.05, 3.63) is 0 Å². The smallest absolute Gasteiger partial charge is 0.309 e. The Kier molecular flexibility index (Phi) is 15.6. The summed E-state index contributed by atoms with van der Waals surface area (Å²) in [4.78, 5) is 18.3. The molecule has 0 aromatic heterocycles. The number of cyclic esters (lactones) is 1. The minimum atomic E-state index is -1.73. The molecule has 0 spiro atoms. The Labute approximate surface area is 314 Å². The molecule has 18 unspecified atom stereocenters. The number of likely N-dealkylation sites (N-methyl/N-ethyl adjacent to an activating group) is 2. The van der Waals surface area contributed by atoms with Crippen molar-refractivity contribution in [1.82, 2.24) is 9.80 Å². The quantitative estimate of drug-likeness (QED) is 0.243. The van der Waals surface area contributed by atoms with Crippen molar-refractivity contribution >= 4 is 5.97 Å². The van der Waals surface area contributed by atoms with Crippen molar-refractivity contribution in [2.45, 2.75) is 185 Å². The lowest BCUT2D eigenvalue weighted by molar-refractivity contribution is -0.220. The van der Waals surface area contributed by atoms with Crippen LogP contribution in [-0.4, -0.2) is 154 Å². The first-order chi connectivity index (χ1) is 23.9. The maximum Gasteiger partial charge on any atom is 0.309 e. The van der Waals surface area contributed by atoms with Crippen LogP contribution in [0.1, 0.15) is 108 Å². The van der Waals surface area contributed by atoms with E-state index in [-0.39, 0.29) is 30.1 Å². The first-order valence-corrected chi connectivity index (χ1v) is 19.8. The van der Waals surface area contributed by atoms with Gasteiger partial charge in [-0.2, -0.15) is 0 Å². The van der Waals surface area contributed by atoms with Crippen LogP contribution in [0.25, 0.3) is 0 Å². The molecule has 3 saturated heterocycles. The van der Waals surface area contributed by atoms with E-state index >= 15 is 0 Å². The third-order valence-electron chi connectivity index (χ3n) is 13.5. The number of esters is 1. The van der Waals surface area contributed by atoms with Gasteiger partial charge < -0.3 is 54.3 Å². The third-order valence-corrected chi connectivity index (χ3v) is 13.5. The summed E-state index contributed by atoms with van der Waals surface area (Å²) in [6.45, 7) is 19.3. The van der Waals surface area contributed by atoms with Gasteiger partial charge in [0.05, 0.1) is 47.6 Å². The zero-order valence-electron chi connectivity index (χ0n) is 34.8. The number of methoxy groups -OCH3 is 1. The fourth-order valence-corrected chi connectivity index (χ4v) is 10.0. The van der Waals surface area contributed by atoms with E-state index in [1.807, 2.05) is 79.4 Å². The molecular formula is C40H76N2O10. The summed E-state index contributed by atoms with van der Waals surface area (Å²) in [6, 6.07) is -0.596. The predicted octanol–water partition coefficient (Wildman–Crippen LogP) is 3.23. The second-order valence-corrected chi connectivity index (χ2v) is 18.1. The highest BCUT2D eigenvalue weighted by Gasteiger charge is 2.51. The lowest BCUT2D eigenvalue weighted by Gasteiger charge is -2.49. The van der Waals surface area contributed by atoms with E-state index < -0.39 is 83.2 Å². The van der Waals surface area contributed by atoms with Crippen LogP contribution in [0.2, 0.25) is 0 Å². The molecule has 0 aromatic carbocycles. The molecule has 0 aromatic rings. The summed E-state index contributed by atoms with van der Waals surface area (Å²) in [5.74, 6) is -2.35. The largest absolute Gasteiger partial charge is 0.459 e. The maximum atomic E-state index is 14.3. The van der Waals surface area contributed by atoms with Gasteiger partial charge in [0.25, 0.3) is 0 Å². The van der Waals surface area contributed by atoms with Gasteiger partial charge in [0.2, 0.25) is 0 Å². The fourth-order valence-electron chi connectivity index (χ4n) is 10.0. The van der Waals surface area contributed by atoms with E-state index in [1.54, 1.807) is 7.11 Å². The molecular weight excluding hydrogens is 668 g/mol. The van der Waals surface area contributed by atoms with Crippen molar-refractivity contribution in [1.29, 1.82) is 0 Å². The lowest BCUT2D eigenvalue weighted by atomic mass is 9.64. The van der Waals surface area contributed by atoms with Crippen LogP contribution >= 0.6 is 0 Å². The van der Waals surface area contributed by atoms with Crippen molar-refractivity contribution < 1.29 is 49.3 Å². The fraction of sp³-hybridized carbons (Fsp3) is 0.975. The van der Waals surface area contributed by atoms with E-state index in [0.29, 0.717) is 45.1 Å². The van der Waals surface area contributed by atoms with E-state index in [0.717, 1.165) is 0 Å². The van der Waals surface area contributed by atoms with Crippen LogP contribution in [-0.2, 0) is 23.7 Å². The molecule has 0 bridgehead atoms. The minimum Gasteiger partial charge on any atom is -0.459 e. The molecule has 3 aliphatic heterocycles. The van der Waals surface area contributed by atoms with Crippen LogP contribution < -0.4 is 0 Å². The van der Waals surface area contributed by atoms with Crippen LogP contribution in [0.5, 0.6) is 0 Å². The number of aliphatic hydroxyl groups excluding tert-OH is 3. The molecule has 0 radical (unpaired) electrons. The molecule has 3 fully saturated rings. The molecule has 3 aliphatic rings. The number of hydrogen-bond donors (Lipinski definition) is 5. The number of nitrogens with zero attached hydrogens (tertiary/aromatic N) is 2. The minimum absolute atomic E-state index is 0.0211. The first-order valence-electron chi connectivity index (χ1n) is 19.8. The summed E-state index contributed by atoms with van der Waals surface area (Å²) in [6.07, 6.45) is -2.80. The molecule has 12 heteroatoms. The Hall–Kier alpha value is -0.930. The summed E-state index contributed by atoms with van der Waals surface area (Å²) in [5.41, 5.74) is -3.85. The van der Waals surface area contributed by atoms with Gasteiger partial charge in [-0.25, -0.2) is 0 Å². The molecule has 3 rings (SSSR count). The van der Waals surface area contributed by atoms with E-state index in [9.17, 15) is 30.3 Å². The Balaban J connectivity index is 2.17. The van der Waals surface area contributed by atoms with Gasteiger partial charge >= 0.3 is 5.97 Å². The number of hydrogen-bond acceptors (Lipinski definition) is 12. The Morgan fingerprint density at radius 3 is 2.12 bits per heavy atom. The molecule has 0 aliphatic carbocycles. The van der Waals surface area contributed by atoms with E-state index in [4.69, 9.17) is 18.9 Å². The second kappa shape index (κ2) is 17.9. The molecule has 306 valence electrons. The van der Waals surface area contributed by atoms with Gasteiger partial charge in [0.1, 0.15) is 23.9 Å². The number of aliphatic hydroxyl groups is 5. The highest BCUT2D eigenvalue weighted by atomic mass is 16.6. The highest BCUT2D eigenvalue weighted by molar-refractivity contribution is 5.72. The van der Waals surface area contributed by atoms with Crippen LogP contribution in [0.3, 0.4) is 0 Å². The Morgan fingerprint density at radius 2 is 1.56 bits per heavy atom. The standard InChI is InChI=1S/C40H76N2O10/c1-15-33-40(10,48)35(44)26(6)42(13)21-22(2)19-38(8,47)30(18-32-34(43)31(41(11)12)16-23(3)50-32)24(4)29(25(5)37(46)52-33)17-28-20-39(9,49-14)36(45)27(7)51-28/h22-36,43-45,47-48H,15-21H2,1-14H3. The first kappa shape index (κ1) is 45.5. The van der Waals surface area contributed by atoms with Crippen molar-refractivity contribution in [3.63, 3.8) is 0 Å². The number of ether oxygens (including phenoxy) is 4. The van der Waals surface area contributed by atoms with Crippen molar-refractivity contribution in [3.8, 4) is 0 Å². The van der Waals surface area contributed by atoms with E-state index in [1.165, 1.54) is 6.92 Å². The average Bonchev–Trinajstić information content (AvgIpc) is 3.05. The van der Waals surface area contributed by atoms with Crippen LogP contribution in [0.15, 0.2) is 0 Å². The number of rotatable bonds is 7. The van der Waals surface area contributed by atoms with Gasteiger partial charge in [-0.3, -0.25) is 4.79 Å². The molecule has 12 nitrogen and oxygen atoms in total. The van der Waals surface area contributed by atoms with Gasteiger partial charge in [-0.15, -0.1) is 0 Å². The van der Waals surface area contributed by atoms with Crippen molar-refractivity contribution in [2.24, 2.45) is 29.6 Å². The Morgan fingerprint density at radius 1 is 0.942 bits per heavy atom. The normalized spacial score (nSPS) is 49.6. The number of carbonyl (C=O) groups excluding carboxylic acids is 1. The second-order valence-electron chi connectivity index (χ2n) is 18.1. The lowest BCUT2D eigenvalue weighted by Crippen LogP contribution is -2.59. The van der Waals surface area contributed by atoms with Crippen LogP contribution in [0.4, 0.5) is 0 Å². The van der Waals surface area contributed by atoms with Gasteiger partial charge in [-0.05, 0) is 118 Å². The zero-order valence-corrected chi connectivity index (χ0v) is 34.8. The van der Waals surface area contributed by atoms with Crippen LogP contribution in [0, 0.1) is 29.6 Å². The molecule has 0 saturated carbocycles. The van der Waals surface area contributed by atoms with Gasteiger partial charge in [0, 0.05) is 32.2 Å². The zero-order chi connectivity index (χ0) is 39.7. The third kappa shape index (κ3) is 10.1. The molecule has 5 N–H and O–H groups in total. The number of carbonyl (C=O) groups is 1. The summed E-state index contributed by atoms with van der Waals surface area (Å²) < 4.78 is 24.8.